The summed E-state index contributed by atoms with van der Waals surface area (Å²) in [4.78, 5) is 11.9. The second kappa shape index (κ2) is 6.11. The smallest absolute Gasteiger partial charge is 0.241 e. The Hall–Kier alpha value is -2.20. The first kappa shape index (κ1) is 13.2. The van der Waals surface area contributed by atoms with E-state index in [0.29, 0.717) is 5.56 Å². The van der Waals surface area contributed by atoms with Gasteiger partial charge in [0.15, 0.2) is 0 Å². The molecule has 0 saturated carbocycles. The molecule has 19 heavy (non-hydrogen) atoms. The molecule has 3 N–H and O–H groups in total. The van der Waals surface area contributed by atoms with Crippen molar-refractivity contribution in [3.63, 3.8) is 0 Å². The van der Waals surface area contributed by atoms with Crippen molar-refractivity contribution in [1.29, 1.82) is 0 Å². The van der Waals surface area contributed by atoms with Crippen LogP contribution in [0.4, 0.5) is 4.39 Å². The highest BCUT2D eigenvalue weighted by Crippen LogP contribution is 2.10. The SMILES string of the molecule is N[C@H](C(=O)NCc1cccc(F)c1)c1ccccc1. The average Bonchev–Trinajstić information content (AvgIpc) is 2.45. The largest absolute Gasteiger partial charge is 0.350 e. The Balaban J connectivity index is 1.95. The van der Waals surface area contributed by atoms with Crippen molar-refractivity contribution < 1.29 is 9.18 Å². The lowest BCUT2D eigenvalue weighted by Gasteiger charge is -2.12. The Morgan fingerprint density at radius 2 is 1.89 bits per heavy atom. The summed E-state index contributed by atoms with van der Waals surface area (Å²) in [5.41, 5.74) is 7.30. The second-order valence-electron chi connectivity index (χ2n) is 4.24. The van der Waals surface area contributed by atoms with E-state index in [1.807, 2.05) is 18.2 Å². The number of carbonyl (C=O) groups is 1. The van der Waals surface area contributed by atoms with E-state index in [2.05, 4.69) is 5.32 Å². The van der Waals surface area contributed by atoms with Crippen LogP contribution in [0.2, 0.25) is 0 Å². The highest BCUT2D eigenvalue weighted by atomic mass is 19.1. The van der Waals surface area contributed by atoms with E-state index in [1.54, 1.807) is 24.3 Å². The van der Waals surface area contributed by atoms with Gasteiger partial charge in [0.05, 0.1) is 0 Å². The summed E-state index contributed by atoms with van der Waals surface area (Å²) in [6.45, 7) is 0.261. The Kier molecular flexibility index (Phi) is 4.26. The lowest BCUT2D eigenvalue weighted by Crippen LogP contribution is -2.33. The first-order valence-corrected chi connectivity index (χ1v) is 5.99. The van der Waals surface area contributed by atoms with Gasteiger partial charge in [-0.1, -0.05) is 42.5 Å². The van der Waals surface area contributed by atoms with Crippen molar-refractivity contribution in [2.24, 2.45) is 5.73 Å². The maximum Gasteiger partial charge on any atom is 0.241 e. The van der Waals surface area contributed by atoms with Gasteiger partial charge in [-0.25, -0.2) is 4.39 Å². The van der Waals surface area contributed by atoms with Crippen LogP contribution in [0.25, 0.3) is 0 Å². The second-order valence-corrected chi connectivity index (χ2v) is 4.24. The molecular formula is C15H15FN2O. The Morgan fingerprint density at radius 3 is 2.58 bits per heavy atom. The summed E-state index contributed by atoms with van der Waals surface area (Å²) < 4.78 is 13.0. The van der Waals surface area contributed by atoms with Crippen LogP contribution in [0, 0.1) is 5.82 Å². The summed E-state index contributed by atoms with van der Waals surface area (Å²) in [7, 11) is 0. The van der Waals surface area contributed by atoms with Gasteiger partial charge in [0, 0.05) is 6.54 Å². The van der Waals surface area contributed by atoms with Crippen LogP contribution in [-0.4, -0.2) is 5.91 Å². The Morgan fingerprint density at radius 1 is 1.16 bits per heavy atom. The predicted octanol–water partition coefficient (Wildman–Crippen LogP) is 2.14. The van der Waals surface area contributed by atoms with Crippen molar-refractivity contribution >= 4 is 5.91 Å². The summed E-state index contributed by atoms with van der Waals surface area (Å²) >= 11 is 0. The van der Waals surface area contributed by atoms with Gasteiger partial charge in [-0.2, -0.15) is 0 Å². The molecule has 0 aliphatic carbocycles. The lowest BCUT2D eigenvalue weighted by atomic mass is 10.1. The van der Waals surface area contributed by atoms with E-state index in [-0.39, 0.29) is 18.3 Å². The standard InChI is InChI=1S/C15H15FN2O/c16-13-8-4-5-11(9-13)10-18-15(19)14(17)12-6-2-1-3-7-12/h1-9,14H,10,17H2,(H,18,19)/t14-/m0/s1. The third-order valence-corrected chi connectivity index (χ3v) is 2.80. The summed E-state index contributed by atoms with van der Waals surface area (Å²) in [6, 6.07) is 14.5. The molecule has 0 aliphatic rings. The molecule has 0 aliphatic heterocycles. The monoisotopic (exact) mass is 258 g/mol. The normalized spacial score (nSPS) is 11.9. The van der Waals surface area contributed by atoms with Crippen molar-refractivity contribution in [3.8, 4) is 0 Å². The van der Waals surface area contributed by atoms with Gasteiger partial charge in [0.2, 0.25) is 5.91 Å². The molecule has 2 rings (SSSR count). The molecule has 2 aromatic carbocycles. The van der Waals surface area contributed by atoms with Crippen molar-refractivity contribution in [2.45, 2.75) is 12.6 Å². The van der Waals surface area contributed by atoms with E-state index < -0.39 is 6.04 Å². The van der Waals surface area contributed by atoms with Crippen molar-refractivity contribution in [2.75, 3.05) is 0 Å². The maximum atomic E-state index is 13.0. The number of hydrogen-bond acceptors (Lipinski definition) is 2. The molecule has 98 valence electrons. The number of halogens is 1. The fourth-order valence-electron chi connectivity index (χ4n) is 1.76. The van der Waals surface area contributed by atoms with Crippen molar-refractivity contribution in [3.05, 3.63) is 71.5 Å². The summed E-state index contributed by atoms with van der Waals surface area (Å²) in [5, 5.41) is 2.69. The van der Waals surface area contributed by atoms with Gasteiger partial charge in [0.25, 0.3) is 0 Å². The van der Waals surface area contributed by atoms with Gasteiger partial charge < -0.3 is 11.1 Å². The summed E-state index contributed by atoms with van der Waals surface area (Å²) in [6.07, 6.45) is 0. The van der Waals surface area contributed by atoms with Gasteiger partial charge >= 0.3 is 0 Å². The maximum absolute atomic E-state index is 13.0. The third kappa shape index (κ3) is 3.63. The molecule has 0 aromatic heterocycles. The Labute approximate surface area is 111 Å². The minimum absolute atomic E-state index is 0.261. The number of benzene rings is 2. The fourth-order valence-corrected chi connectivity index (χ4v) is 1.76. The lowest BCUT2D eigenvalue weighted by molar-refractivity contribution is -0.122. The predicted molar refractivity (Wildman–Crippen MR) is 71.6 cm³/mol. The molecule has 0 heterocycles. The van der Waals surface area contributed by atoms with Crippen LogP contribution < -0.4 is 11.1 Å². The molecule has 4 heteroatoms. The zero-order valence-electron chi connectivity index (χ0n) is 10.3. The molecule has 0 bridgehead atoms. The highest BCUT2D eigenvalue weighted by Gasteiger charge is 2.14. The van der Waals surface area contributed by atoms with Crippen LogP contribution in [0.15, 0.2) is 54.6 Å². The van der Waals surface area contributed by atoms with Crippen LogP contribution in [0.5, 0.6) is 0 Å². The van der Waals surface area contributed by atoms with Crippen molar-refractivity contribution in [1.82, 2.24) is 5.32 Å². The van der Waals surface area contributed by atoms with Crippen LogP contribution >= 0.6 is 0 Å². The number of amides is 1. The fraction of sp³-hybridized carbons (Fsp3) is 0.133. The van der Waals surface area contributed by atoms with E-state index in [1.165, 1.54) is 12.1 Å². The molecule has 1 amide bonds. The topological polar surface area (TPSA) is 55.1 Å². The highest BCUT2D eigenvalue weighted by molar-refractivity contribution is 5.82. The van der Waals surface area contributed by atoms with E-state index in [9.17, 15) is 9.18 Å². The molecule has 0 saturated heterocycles. The zero-order chi connectivity index (χ0) is 13.7. The molecule has 0 unspecified atom stereocenters. The van der Waals surface area contributed by atoms with Gasteiger partial charge in [-0.15, -0.1) is 0 Å². The molecule has 0 radical (unpaired) electrons. The van der Waals surface area contributed by atoms with E-state index >= 15 is 0 Å². The number of nitrogens with one attached hydrogen (secondary N) is 1. The number of rotatable bonds is 4. The van der Waals surface area contributed by atoms with Crippen LogP contribution in [-0.2, 0) is 11.3 Å². The number of carbonyl (C=O) groups excluding carboxylic acids is 1. The molecule has 0 fully saturated rings. The summed E-state index contributed by atoms with van der Waals surface area (Å²) in [5.74, 6) is -0.602. The quantitative estimate of drug-likeness (QED) is 0.882. The number of hydrogen-bond donors (Lipinski definition) is 2. The minimum Gasteiger partial charge on any atom is -0.350 e. The average molecular weight is 258 g/mol. The zero-order valence-corrected chi connectivity index (χ0v) is 10.3. The van der Waals surface area contributed by atoms with Crippen LogP contribution in [0.3, 0.4) is 0 Å². The van der Waals surface area contributed by atoms with Gasteiger partial charge in [0.1, 0.15) is 11.9 Å². The molecule has 3 nitrogen and oxygen atoms in total. The molecule has 1 atom stereocenters. The molecule has 2 aromatic rings. The van der Waals surface area contributed by atoms with Gasteiger partial charge in [-0.3, -0.25) is 4.79 Å². The van der Waals surface area contributed by atoms with Gasteiger partial charge in [-0.05, 0) is 23.3 Å². The third-order valence-electron chi connectivity index (χ3n) is 2.80. The van der Waals surface area contributed by atoms with E-state index in [0.717, 1.165) is 5.56 Å². The minimum atomic E-state index is -0.713. The van der Waals surface area contributed by atoms with E-state index in [4.69, 9.17) is 5.73 Å². The molecular weight excluding hydrogens is 243 g/mol. The van der Waals surface area contributed by atoms with Crippen LogP contribution in [0.1, 0.15) is 17.2 Å². The first-order chi connectivity index (χ1) is 9.16. The molecule has 0 spiro atoms. The number of nitrogens with two attached hydrogens (primary N) is 1. The first-order valence-electron chi connectivity index (χ1n) is 5.99. The Bertz CT molecular complexity index is 557.